The molecule has 0 aliphatic carbocycles. The molecule has 0 aromatic heterocycles. The first-order valence-corrected chi connectivity index (χ1v) is 10.4. The number of nitrogens with one attached hydrogen (secondary N) is 1. The fourth-order valence-corrected chi connectivity index (χ4v) is 4.10. The maximum absolute atomic E-state index is 12.7. The summed E-state index contributed by atoms with van der Waals surface area (Å²) in [5, 5.41) is 11.0. The molecule has 3 rings (SSSR count). The van der Waals surface area contributed by atoms with Crippen LogP contribution in [0.5, 0.6) is 5.75 Å². The molecular formula is C21H20N2O5S. The van der Waals surface area contributed by atoms with E-state index >= 15 is 0 Å². The molecule has 3 aromatic carbocycles. The molecule has 150 valence electrons. The van der Waals surface area contributed by atoms with Crippen molar-refractivity contribution in [2.45, 2.75) is 18.2 Å². The first-order valence-electron chi connectivity index (χ1n) is 8.90. The molecule has 0 aliphatic heterocycles. The van der Waals surface area contributed by atoms with Gasteiger partial charge in [-0.15, -0.1) is 0 Å². The van der Waals surface area contributed by atoms with Crippen molar-refractivity contribution in [2.24, 2.45) is 0 Å². The van der Waals surface area contributed by atoms with Crippen LogP contribution in [0, 0.1) is 17.0 Å². The lowest BCUT2D eigenvalue weighted by Crippen LogP contribution is -2.14. The Labute approximate surface area is 169 Å². The van der Waals surface area contributed by atoms with Gasteiger partial charge in [0.1, 0.15) is 5.75 Å². The van der Waals surface area contributed by atoms with Crippen molar-refractivity contribution >= 4 is 21.4 Å². The van der Waals surface area contributed by atoms with Gasteiger partial charge in [0.05, 0.1) is 22.1 Å². The molecule has 0 saturated carbocycles. The van der Waals surface area contributed by atoms with Gasteiger partial charge in [-0.2, -0.15) is 0 Å². The third kappa shape index (κ3) is 5.32. The molecule has 0 bridgehead atoms. The maximum atomic E-state index is 12.7. The fraction of sp³-hybridized carbons (Fsp3) is 0.143. The van der Waals surface area contributed by atoms with E-state index in [1.54, 1.807) is 31.2 Å². The molecule has 0 unspecified atom stereocenters. The largest absolute Gasteiger partial charge is 0.493 e. The van der Waals surface area contributed by atoms with Gasteiger partial charge in [-0.1, -0.05) is 42.5 Å². The molecule has 0 fully saturated rings. The number of aryl methyl sites for hydroxylation is 1. The zero-order valence-electron chi connectivity index (χ0n) is 15.7. The molecule has 0 aliphatic rings. The minimum absolute atomic E-state index is 0.137. The molecule has 0 radical (unpaired) electrons. The van der Waals surface area contributed by atoms with E-state index in [0.29, 0.717) is 23.6 Å². The van der Waals surface area contributed by atoms with E-state index < -0.39 is 14.9 Å². The number of hydrogen-bond acceptors (Lipinski definition) is 5. The Bertz CT molecular complexity index is 1110. The van der Waals surface area contributed by atoms with Gasteiger partial charge in [0.15, 0.2) is 0 Å². The number of nitro benzene ring substituents is 1. The second-order valence-electron chi connectivity index (χ2n) is 6.42. The van der Waals surface area contributed by atoms with Crippen LogP contribution in [0.2, 0.25) is 0 Å². The molecular weight excluding hydrogens is 392 g/mol. The van der Waals surface area contributed by atoms with Gasteiger partial charge < -0.3 is 4.74 Å². The Balaban J connectivity index is 1.72. The summed E-state index contributed by atoms with van der Waals surface area (Å²) >= 11 is 0. The minimum atomic E-state index is -3.99. The predicted molar refractivity (Wildman–Crippen MR) is 111 cm³/mol. The summed E-state index contributed by atoms with van der Waals surface area (Å²) < 4.78 is 33.6. The van der Waals surface area contributed by atoms with Crippen LogP contribution < -0.4 is 9.46 Å². The summed E-state index contributed by atoms with van der Waals surface area (Å²) in [7, 11) is -3.99. The average Bonchev–Trinajstić information content (AvgIpc) is 2.69. The van der Waals surface area contributed by atoms with Crippen molar-refractivity contribution in [2.75, 3.05) is 11.3 Å². The van der Waals surface area contributed by atoms with Gasteiger partial charge in [-0.3, -0.25) is 14.8 Å². The van der Waals surface area contributed by atoms with Crippen molar-refractivity contribution in [1.82, 2.24) is 0 Å². The average molecular weight is 412 g/mol. The lowest BCUT2D eigenvalue weighted by molar-refractivity contribution is -0.385. The number of hydrogen-bond donors (Lipinski definition) is 1. The molecule has 29 heavy (non-hydrogen) atoms. The van der Waals surface area contributed by atoms with Crippen molar-refractivity contribution in [3.05, 3.63) is 94.0 Å². The number of non-ortho nitro benzene ring substituents is 1. The summed E-state index contributed by atoms with van der Waals surface area (Å²) in [6.07, 6.45) is 0.726. The highest BCUT2D eigenvalue weighted by atomic mass is 32.2. The second kappa shape index (κ2) is 8.74. The van der Waals surface area contributed by atoms with Crippen LogP contribution in [0.4, 0.5) is 11.4 Å². The third-order valence-electron chi connectivity index (χ3n) is 4.26. The molecule has 7 nitrogen and oxygen atoms in total. The molecule has 0 spiro atoms. The van der Waals surface area contributed by atoms with E-state index in [1.165, 1.54) is 12.1 Å². The Morgan fingerprint density at radius 3 is 2.48 bits per heavy atom. The molecule has 0 atom stereocenters. The van der Waals surface area contributed by atoms with E-state index in [4.69, 9.17) is 4.74 Å². The fourth-order valence-electron chi connectivity index (χ4n) is 2.78. The number of sulfonamides is 1. The number of anilines is 1. The van der Waals surface area contributed by atoms with Gasteiger partial charge in [-0.05, 0) is 30.2 Å². The van der Waals surface area contributed by atoms with Crippen LogP contribution in [0.15, 0.2) is 77.7 Å². The zero-order valence-corrected chi connectivity index (χ0v) is 16.6. The molecule has 0 amide bonds. The normalized spacial score (nSPS) is 11.1. The highest BCUT2D eigenvalue weighted by Gasteiger charge is 2.20. The van der Waals surface area contributed by atoms with Crippen LogP contribution in [-0.2, 0) is 16.4 Å². The van der Waals surface area contributed by atoms with Gasteiger partial charge in [0, 0.05) is 24.6 Å². The minimum Gasteiger partial charge on any atom is -0.493 e. The van der Waals surface area contributed by atoms with Crippen molar-refractivity contribution in [3.63, 3.8) is 0 Å². The Morgan fingerprint density at radius 2 is 1.76 bits per heavy atom. The first-order chi connectivity index (χ1) is 13.8. The van der Waals surface area contributed by atoms with Crippen molar-refractivity contribution in [3.8, 4) is 5.75 Å². The van der Waals surface area contributed by atoms with E-state index in [9.17, 15) is 18.5 Å². The Kier molecular flexibility index (Phi) is 6.13. The van der Waals surface area contributed by atoms with Crippen LogP contribution in [0.1, 0.15) is 11.1 Å². The standard InChI is InChI=1S/C21H20N2O5S/c1-16-10-11-19(23(24)25)15-21(16)29(26,27)22-18-8-5-9-20(14-18)28-13-12-17-6-3-2-4-7-17/h2-11,14-15,22H,12-13H2,1H3. The summed E-state index contributed by atoms with van der Waals surface area (Å²) in [4.78, 5) is 10.2. The van der Waals surface area contributed by atoms with E-state index in [-0.39, 0.29) is 10.6 Å². The van der Waals surface area contributed by atoms with Crippen molar-refractivity contribution in [1.29, 1.82) is 0 Å². The number of rotatable bonds is 8. The van der Waals surface area contributed by atoms with E-state index in [1.807, 2.05) is 30.3 Å². The maximum Gasteiger partial charge on any atom is 0.270 e. The number of nitrogens with zero attached hydrogens (tertiary/aromatic N) is 1. The monoisotopic (exact) mass is 412 g/mol. The van der Waals surface area contributed by atoms with Crippen LogP contribution >= 0.6 is 0 Å². The Morgan fingerprint density at radius 1 is 1.00 bits per heavy atom. The van der Waals surface area contributed by atoms with Gasteiger partial charge in [-0.25, -0.2) is 8.42 Å². The highest BCUT2D eigenvalue weighted by Crippen LogP contribution is 2.25. The molecule has 0 heterocycles. The summed E-state index contributed by atoms with van der Waals surface area (Å²) in [6, 6.07) is 20.2. The first kappa shape index (κ1) is 20.3. The summed E-state index contributed by atoms with van der Waals surface area (Å²) in [5.41, 5.74) is 1.59. The SMILES string of the molecule is Cc1ccc([N+](=O)[O-])cc1S(=O)(=O)Nc1cccc(OCCc2ccccc2)c1. The lowest BCUT2D eigenvalue weighted by atomic mass is 10.2. The molecule has 1 N–H and O–H groups in total. The van der Waals surface area contributed by atoms with E-state index in [2.05, 4.69) is 4.72 Å². The van der Waals surface area contributed by atoms with Crippen molar-refractivity contribution < 1.29 is 18.1 Å². The summed E-state index contributed by atoms with van der Waals surface area (Å²) in [6.45, 7) is 2.03. The van der Waals surface area contributed by atoms with Gasteiger partial charge in [0.2, 0.25) is 0 Å². The van der Waals surface area contributed by atoms with Crippen LogP contribution in [0.25, 0.3) is 0 Å². The number of benzene rings is 3. The highest BCUT2D eigenvalue weighted by molar-refractivity contribution is 7.92. The third-order valence-corrected chi connectivity index (χ3v) is 5.78. The number of nitro groups is 1. The lowest BCUT2D eigenvalue weighted by Gasteiger charge is -2.12. The second-order valence-corrected chi connectivity index (χ2v) is 8.08. The van der Waals surface area contributed by atoms with Gasteiger partial charge >= 0.3 is 0 Å². The number of ether oxygens (including phenoxy) is 1. The molecule has 0 saturated heterocycles. The molecule has 8 heteroatoms. The molecule has 3 aromatic rings. The van der Waals surface area contributed by atoms with Crippen LogP contribution in [-0.4, -0.2) is 19.9 Å². The Hall–Kier alpha value is -3.39. The smallest absolute Gasteiger partial charge is 0.270 e. The quantitative estimate of drug-likeness (QED) is 0.439. The summed E-state index contributed by atoms with van der Waals surface area (Å²) in [5.74, 6) is 0.525. The van der Waals surface area contributed by atoms with Gasteiger partial charge in [0.25, 0.3) is 15.7 Å². The zero-order chi connectivity index (χ0) is 20.9. The van der Waals surface area contributed by atoms with E-state index in [0.717, 1.165) is 18.1 Å². The predicted octanol–water partition coefficient (Wildman–Crippen LogP) is 4.33. The van der Waals surface area contributed by atoms with Crippen LogP contribution in [0.3, 0.4) is 0 Å². The topological polar surface area (TPSA) is 98.5 Å².